The Morgan fingerprint density at radius 3 is 2.25 bits per heavy atom. The van der Waals surface area contributed by atoms with Crippen LogP contribution in [0.25, 0.3) is 0 Å². The van der Waals surface area contributed by atoms with Gasteiger partial charge in [-0.25, -0.2) is 0 Å². The van der Waals surface area contributed by atoms with Crippen molar-refractivity contribution in [2.24, 2.45) is 0 Å². The third-order valence-corrected chi connectivity index (χ3v) is 2.36. The molecule has 1 amide bonds. The molecule has 0 aliphatic rings. The van der Waals surface area contributed by atoms with Gasteiger partial charge >= 0.3 is 0 Å². The minimum absolute atomic E-state index is 0.111. The summed E-state index contributed by atoms with van der Waals surface area (Å²) in [6.07, 6.45) is 5.84. The van der Waals surface area contributed by atoms with Crippen LogP contribution in [0.4, 0.5) is 0 Å². The number of nitrogens with one attached hydrogen (secondary N) is 1. The summed E-state index contributed by atoms with van der Waals surface area (Å²) in [5, 5.41) is 2.60. The van der Waals surface area contributed by atoms with Gasteiger partial charge in [0, 0.05) is 40.4 Å². The smallest absolute Gasteiger partial charge is 0.219 e. The molecular weight excluding hydrogens is 206 g/mol. The quantitative estimate of drug-likeness (QED) is 0.551. The first-order valence-corrected chi connectivity index (χ1v) is 6.08. The van der Waals surface area contributed by atoms with Gasteiger partial charge < -0.3 is 14.8 Å². The Kier molecular flexibility index (Phi) is 12.0. The number of ether oxygens (including phenoxy) is 2. The summed E-state index contributed by atoms with van der Waals surface area (Å²) in [5.74, 6) is 0.111. The fourth-order valence-electron chi connectivity index (χ4n) is 1.34. The summed E-state index contributed by atoms with van der Waals surface area (Å²) in [4.78, 5) is 10.9. The molecule has 0 aliphatic carbocycles. The first-order valence-electron chi connectivity index (χ1n) is 6.08. The van der Waals surface area contributed by atoms with Crippen LogP contribution in [0.1, 0.15) is 38.5 Å². The van der Waals surface area contributed by atoms with Gasteiger partial charge in [-0.3, -0.25) is 4.79 Å². The average Bonchev–Trinajstić information content (AvgIpc) is 2.31. The summed E-state index contributed by atoms with van der Waals surface area (Å²) in [5.41, 5.74) is 0. The molecule has 0 aromatic rings. The fourth-order valence-corrected chi connectivity index (χ4v) is 1.34. The summed E-state index contributed by atoms with van der Waals surface area (Å²) in [6, 6.07) is 0. The van der Waals surface area contributed by atoms with Crippen LogP contribution in [-0.4, -0.2) is 39.9 Å². The molecule has 0 rings (SSSR count). The Balaban J connectivity index is 2.96. The SMILES string of the molecule is CNC(=O)CCCCOCCCCCOC. The maximum Gasteiger partial charge on any atom is 0.219 e. The molecule has 96 valence electrons. The number of amides is 1. The Hall–Kier alpha value is -0.610. The van der Waals surface area contributed by atoms with E-state index in [0.29, 0.717) is 6.42 Å². The molecule has 0 saturated carbocycles. The summed E-state index contributed by atoms with van der Waals surface area (Å²) < 4.78 is 10.4. The van der Waals surface area contributed by atoms with Crippen LogP contribution in [0.3, 0.4) is 0 Å². The van der Waals surface area contributed by atoms with Gasteiger partial charge in [0.2, 0.25) is 5.91 Å². The molecule has 0 saturated heterocycles. The maximum atomic E-state index is 10.9. The highest BCUT2D eigenvalue weighted by Crippen LogP contribution is 1.99. The summed E-state index contributed by atoms with van der Waals surface area (Å²) in [7, 11) is 3.39. The van der Waals surface area contributed by atoms with Crippen molar-refractivity contribution in [2.75, 3.05) is 34.0 Å². The van der Waals surface area contributed by atoms with Crippen molar-refractivity contribution in [3.05, 3.63) is 0 Å². The van der Waals surface area contributed by atoms with Crippen LogP contribution in [0.2, 0.25) is 0 Å². The van der Waals surface area contributed by atoms with Crippen LogP contribution >= 0.6 is 0 Å². The molecule has 0 bridgehead atoms. The second kappa shape index (κ2) is 12.5. The Labute approximate surface area is 98.7 Å². The first kappa shape index (κ1) is 15.4. The number of carbonyl (C=O) groups excluding carboxylic acids is 1. The average molecular weight is 231 g/mol. The van der Waals surface area contributed by atoms with Gasteiger partial charge in [-0.15, -0.1) is 0 Å². The topological polar surface area (TPSA) is 47.6 Å². The van der Waals surface area contributed by atoms with E-state index in [-0.39, 0.29) is 5.91 Å². The van der Waals surface area contributed by atoms with Gasteiger partial charge in [0.15, 0.2) is 0 Å². The lowest BCUT2D eigenvalue weighted by Gasteiger charge is -2.04. The standard InChI is InChI=1S/C12H25NO3/c1-13-12(14)8-4-7-11-16-10-6-3-5-9-15-2/h3-11H2,1-2H3,(H,13,14). The molecule has 0 spiro atoms. The molecule has 0 unspecified atom stereocenters. The minimum Gasteiger partial charge on any atom is -0.385 e. The Morgan fingerprint density at radius 1 is 1.00 bits per heavy atom. The molecule has 0 aromatic heterocycles. The van der Waals surface area contributed by atoms with Crippen molar-refractivity contribution in [3.63, 3.8) is 0 Å². The van der Waals surface area contributed by atoms with Crippen molar-refractivity contribution in [3.8, 4) is 0 Å². The van der Waals surface area contributed by atoms with Gasteiger partial charge in [0.25, 0.3) is 0 Å². The predicted molar refractivity (Wildman–Crippen MR) is 64.5 cm³/mol. The molecule has 0 atom stereocenters. The normalized spacial score (nSPS) is 10.4. The monoisotopic (exact) mass is 231 g/mol. The molecule has 0 aliphatic heterocycles. The largest absolute Gasteiger partial charge is 0.385 e. The number of carbonyl (C=O) groups is 1. The lowest BCUT2D eigenvalue weighted by Crippen LogP contribution is -2.17. The third-order valence-electron chi connectivity index (χ3n) is 2.36. The van der Waals surface area contributed by atoms with Crippen molar-refractivity contribution in [1.82, 2.24) is 5.32 Å². The summed E-state index contributed by atoms with van der Waals surface area (Å²) >= 11 is 0. The second-order valence-electron chi connectivity index (χ2n) is 3.80. The van der Waals surface area contributed by atoms with Crippen molar-refractivity contribution in [2.45, 2.75) is 38.5 Å². The van der Waals surface area contributed by atoms with E-state index in [4.69, 9.17) is 9.47 Å². The van der Waals surface area contributed by atoms with Gasteiger partial charge in [-0.05, 0) is 32.1 Å². The zero-order valence-electron chi connectivity index (χ0n) is 10.6. The van der Waals surface area contributed by atoms with E-state index in [1.165, 1.54) is 0 Å². The summed E-state index contributed by atoms with van der Waals surface area (Å²) in [6.45, 7) is 2.43. The highest BCUT2D eigenvalue weighted by Gasteiger charge is 1.97. The lowest BCUT2D eigenvalue weighted by atomic mass is 10.2. The maximum absolute atomic E-state index is 10.9. The molecule has 0 radical (unpaired) electrons. The van der Waals surface area contributed by atoms with Crippen LogP contribution in [-0.2, 0) is 14.3 Å². The van der Waals surface area contributed by atoms with Crippen molar-refractivity contribution >= 4 is 5.91 Å². The van der Waals surface area contributed by atoms with E-state index >= 15 is 0 Å². The van der Waals surface area contributed by atoms with E-state index < -0.39 is 0 Å². The fraction of sp³-hybridized carbons (Fsp3) is 0.917. The molecular formula is C12H25NO3. The highest BCUT2D eigenvalue weighted by molar-refractivity contribution is 5.75. The minimum atomic E-state index is 0.111. The van der Waals surface area contributed by atoms with E-state index in [9.17, 15) is 4.79 Å². The van der Waals surface area contributed by atoms with Gasteiger partial charge in [0.1, 0.15) is 0 Å². The van der Waals surface area contributed by atoms with E-state index in [2.05, 4.69) is 5.32 Å². The van der Waals surface area contributed by atoms with Crippen molar-refractivity contribution in [1.29, 1.82) is 0 Å². The number of methoxy groups -OCH3 is 1. The first-order chi connectivity index (χ1) is 7.81. The van der Waals surface area contributed by atoms with Crippen LogP contribution in [0, 0.1) is 0 Å². The van der Waals surface area contributed by atoms with E-state index in [1.54, 1.807) is 14.2 Å². The highest BCUT2D eigenvalue weighted by atomic mass is 16.5. The second-order valence-corrected chi connectivity index (χ2v) is 3.80. The molecule has 1 N–H and O–H groups in total. The predicted octanol–water partition coefficient (Wildman–Crippen LogP) is 1.74. The zero-order chi connectivity index (χ0) is 12.1. The van der Waals surface area contributed by atoms with E-state index in [1.807, 2.05) is 0 Å². The van der Waals surface area contributed by atoms with Gasteiger partial charge in [0.05, 0.1) is 0 Å². The van der Waals surface area contributed by atoms with Crippen LogP contribution in [0.15, 0.2) is 0 Å². The molecule has 0 fully saturated rings. The van der Waals surface area contributed by atoms with Crippen molar-refractivity contribution < 1.29 is 14.3 Å². The lowest BCUT2D eigenvalue weighted by molar-refractivity contribution is -0.120. The van der Waals surface area contributed by atoms with Gasteiger partial charge in [-0.1, -0.05) is 0 Å². The van der Waals surface area contributed by atoms with E-state index in [0.717, 1.165) is 51.9 Å². The zero-order valence-corrected chi connectivity index (χ0v) is 10.6. The third kappa shape index (κ3) is 11.5. The van der Waals surface area contributed by atoms with Crippen LogP contribution < -0.4 is 5.32 Å². The Bertz CT molecular complexity index is 162. The number of unbranched alkanes of at least 4 members (excludes halogenated alkanes) is 3. The number of rotatable bonds is 11. The molecule has 0 aromatic carbocycles. The number of hydrogen-bond donors (Lipinski definition) is 1. The molecule has 0 heterocycles. The number of hydrogen-bond acceptors (Lipinski definition) is 3. The molecule has 16 heavy (non-hydrogen) atoms. The van der Waals surface area contributed by atoms with Crippen LogP contribution in [0.5, 0.6) is 0 Å². The molecule has 4 nitrogen and oxygen atoms in total. The van der Waals surface area contributed by atoms with Gasteiger partial charge in [-0.2, -0.15) is 0 Å². The Morgan fingerprint density at radius 2 is 1.62 bits per heavy atom. The molecule has 4 heteroatoms.